The Balaban J connectivity index is 1.80. The first-order chi connectivity index (χ1) is 7.78. The molecule has 1 aliphatic heterocycles. The maximum absolute atomic E-state index is 4.06. The van der Waals surface area contributed by atoms with Crippen LogP contribution >= 0.6 is 0 Å². The summed E-state index contributed by atoms with van der Waals surface area (Å²) in [5.74, 6) is 1.65. The van der Waals surface area contributed by atoms with Gasteiger partial charge in [-0.15, -0.1) is 5.10 Å². The lowest BCUT2D eigenvalue weighted by molar-refractivity contribution is 0.345. The normalized spacial score (nSPS) is 21.2. The van der Waals surface area contributed by atoms with Crippen LogP contribution in [0, 0.1) is 12.8 Å². The summed E-state index contributed by atoms with van der Waals surface area (Å²) in [4.78, 5) is 2.49. The lowest BCUT2D eigenvalue weighted by atomic mass is 10.1. The van der Waals surface area contributed by atoms with Gasteiger partial charge in [-0.2, -0.15) is 5.10 Å². The quantitative estimate of drug-likeness (QED) is 0.835. The van der Waals surface area contributed by atoms with Gasteiger partial charge in [0.05, 0.1) is 6.20 Å². The average molecular weight is 220 g/mol. The van der Waals surface area contributed by atoms with Crippen LogP contribution in [0.2, 0.25) is 0 Å². The fourth-order valence-electron chi connectivity index (χ4n) is 2.17. The van der Waals surface area contributed by atoms with E-state index in [1.54, 1.807) is 6.20 Å². The molecule has 1 fully saturated rings. The molecule has 1 N–H and O–H groups in total. The largest absolute Gasteiger partial charge is 0.368 e. The van der Waals surface area contributed by atoms with E-state index in [9.17, 15) is 0 Å². The molecular formula is C12H20N4. The molecule has 1 aromatic rings. The molecule has 0 aliphatic carbocycles. The van der Waals surface area contributed by atoms with Crippen LogP contribution in [0.4, 0.5) is 5.82 Å². The molecule has 2 rings (SSSR count). The molecular weight excluding hydrogens is 200 g/mol. The molecule has 0 spiro atoms. The number of hydrogen-bond acceptors (Lipinski definition) is 4. The number of aromatic nitrogens is 2. The van der Waals surface area contributed by atoms with Gasteiger partial charge in [0.1, 0.15) is 5.82 Å². The molecule has 1 aliphatic rings. The lowest BCUT2D eigenvalue weighted by Gasteiger charge is -2.13. The van der Waals surface area contributed by atoms with Gasteiger partial charge in [0.2, 0.25) is 0 Å². The third-order valence-electron chi connectivity index (χ3n) is 3.18. The van der Waals surface area contributed by atoms with Crippen molar-refractivity contribution in [2.75, 3.05) is 31.5 Å². The fraction of sp³-hybridized carbons (Fsp3) is 0.667. The van der Waals surface area contributed by atoms with Crippen molar-refractivity contribution in [1.82, 2.24) is 15.1 Å². The van der Waals surface area contributed by atoms with Crippen molar-refractivity contribution in [2.45, 2.75) is 20.3 Å². The van der Waals surface area contributed by atoms with Gasteiger partial charge in [0.15, 0.2) is 0 Å². The van der Waals surface area contributed by atoms with Crippen LogP contribution in [0.15, 0.2) is 12.3 Å². The molecule has 88 valence electrons. The lowest BCUT2D eigenvalue weighted by Crippen LogP contribution is -2.22. The first kappa shape index (κ1) is 11.3. The number of nitrogens with one attached hydrogen (secondary N) is 1. The summed E-state index contributed by atoms with van der Waals surface area (Å²) in [6.07, 6.45) is 3.07. The van der Waals surface area contributed by atoms with Gasteiger partial charge in [0, 0.05) is 13.1 Å². The monoisotopic (exact) mass is 220 g/mol. The molecule has 1 atom stereocenters. The fourth-order valence-corrected chi connectivity index (χ4v) is 2.17. The van der Waals surface area contributed by atoms with Crippen LogP contribution in [-0.4, -0.2) is 41.3 Å². The number of nitrogens with zero attached hydrogens (tertiary/aromatic N) is 3. The number of hydrogen-bond donors (Lipinski definition) is 1. The van der Waals surface area contributed by atoms with Crippen LogP contribution in [0.25, 0.3) is 0 Å². The first-order valence-corrected chi connectivity index (χ1v) is 6.03. The molecule has 4 heteroatoms. The maximum atomic E-state index is 4.06. The van der Waals surface area contributed by atoms with E-state index in [0.29, 0.717) is 0 Å². The number of anilines is 1. The second-order valence-electron chi connectivity index (χ2n) is 4.55. The van der Waals surface area contributed by atoms with Crippen LogP contribution in [-0.2, 0) is 0 Å². The van der Waals surface area contributed by atoms with E-state index in [1.807, 2.05) is 13.0 Å². The van der Waals surface area contributed by atoms with Gasteiger partial charge < -0.3 is 10.2 Å². The highest BCUT2D eigenvalue weighted by atomic mass is 15.2. The third kappa shape index (κ3) is 2.92. The molecule has 0 saturated carbocycles. The Morgan fingerprint density at radius 3 is 3.12 bits per heavy atom. The van der Waals surface area contributed by atoms with E-state index in [2.05, 4.69) is 27.3 Å². The van der Waals surface area contributed by atoms with E-state index in [1.165, 1.54) is 26.1 Å². The van der Waals surface area contributed by atoms with Crippen molar-refractivity contribution < 1.29 is 0 Å². The number of likely N-dealkylation sites (tertiary alicyclic amines) is 1. The van der Waals surface area contributed by atoms with Gasteiger partial charge in [0.25, 0.3) is 0 Å². The van der Waals surface area contributed by atoms with Gasteiger partial charge in [-0.1, -0.05) is 6.92 Å². The molecule has 0 aromatic carbocycles. The minimum absolute atomic E-state index is 0.752. The van der Waals surface area contributed by atoms with Crippen LogP contribution in [0.1, 0.15) is 18.9 Å². The molecule has 1 aromatic heterocycles. The average Bonchev–Trinajstić information content (AvgIpc) is 2.74. The van der Waals surface area contributed by atoms with Crippen molar-refractivity contribution >= 4 is 5.82 Å². The summed E-state index contributed by atoms with van der Waals surface area (Å²) in [6, 6.07) is 2.04. The van der Waals surface area contributed by atoms with Crippen molar-refractivity contribution in [3.63, 3.8) is 0 Å². The predicted octanol–water partition coefficient (Wildman–Crippen LogP) is 1.54. The topological polar surface area (TPSA) is 41.0 Å². The molecule has 0 bridgehead atoms. The van der Waals surface area contributed by atoms with E-state index in [0.717, 1.165) is 23.8 Å². The molecule has 4 nitrogen and oxygen atoms in total. The summed E-state index contributed by atoms with van der Waals surface area (Å²) in [7, 11) is 0. The van der Waals surface area contributed by atoms with Gasteiger partial charge >= 0.3 is 0 Å². The van der Waals surface area contributed by atoms with Crippen molar-refractivity contribution in [3.8, 4) is 0 Å². The molecule has 2 heterocycles. The predicted molar refractivity (Wildman–Crippen MR) is 65.5 cm³/mol. The van der Waals surface area contributed by atoms with Gasteiger partial charge in [-0.3, -0.25) is 0 Å². The van der Waals surface area contributed by atoms with Crippen LogP contribution in [0.3, 0.4) is 0 Å². The molecule has 0 radical (unpaired) electrons. The summed E-state index contributed by atoms with van der Waals surface area (Å²) < 4.78 is 0. The molecule has 0 amide bonds. The number of aryl methyl sites for hydroxylation is 1. The Kier molecular flexibility index (Phi) is 3.72. The Morgan fingerprint density at radius 1 is 1.56 bits per heavy atom. The Labute approximate surface area is 97.1 Å². The third-order valence-corrected chi connectivity index (χ3v) is 3.18. The minimum atomic E-state index is 0.752. The summed E-state index contributed by atoms with van der Waals surface area (Å²) in [5.41, 5.74) is 1.15. The van der Waals surface area contributed by atoms with Crippen molar-refractivity contribution in [2.24, 2.45) is 5.92 Å². The van der Waals surface area contributed by atoms with E-state index >= 15 is 0 Å². The maximum Gasteiger partial charge on any atom is 0.148 e. The van der Waals surface area contributed by atoms with Crippen molar-refractivity contribution in [1.29, 1.82) is 0 Å². The SMILES string of the molecule is CCN1CCC(CNc2cc(C)cnn2)C1. The Morgan fingerprint density at radius 2 is 2.44 bits per heavy atom. The number of rotatable bonds is 4. The standard InChI is InChI=1S/C12H20N4/c1-3-16-5-4-11(9-16)8-13-12-6-10(2)7-14-15-12/h6-7,11H,3-5,8-9H2,1-2H3,(H,13,15). The highest BCUT2D eigenvalue weighted by Gasteiger charge is 2.20. The molecule has 1 saturated heterocycles. The van der Waals surface area contributed by atoms with E-state index in [-0.39, 0.29) is 0 Å². The van der Waals surface area contributed by atoms with Crippen LogP contribution in [0.5, 0.6) is 0 Å². The van der Waals surface area contributed by atoms with E-state index < -0.39 is 0 Å². The van der Waals surface area contributed by atoms with Gasteiger partial charge in [-0.05, 0) is 44.0 Å². The Hall–Kier alpha value is -1.16. The highest BCUT2D eigenvalue weighted by Crippen LogP contribution is 2.16. The summed E-state index contributed by atoms with van der Waals surface area (Å²) in [6.45, 7) is 8.89. The molecule has 1 unspecified atom stereocenters. The zero-order valence-electron chi connectivity index (χ0n) is 10.1. The van der Waals surface area contributed by atoms with Gasteiger partial charge in [-0.25, -0.2) is 0 Å². The molecule has 16 heavy (non-hydrogen) atoms. The summed E-state index contributed by atoms with van der Waals surface area (Å²) >= 11 is 0. The minimum Gasteiger partial charge on any atom is -0.368 e. The van der Waals surface area contributed by atoms with Crippen LogP contribution < -0.4 is 5.32 Å². The zero-order chi connectivity index (χ0) is 11.4. The van der Waals surface area contributed by atoms with E-state index in [4.69, 9.17) is 0 Å². The zero-order valence-corrected chi connectivity index (χ0v) is 10.1. The summed E-state index contributed by atoms with van der Waals surface area (Å²) in [5, 5.41) is 11.4. The second-order valence-corrected chi connectivity index (χ2v) is 4.55. The first-order valence-electron chi connectivity index (χ1n) is 6.03. The Bertz CT molecular complexity index is 340. The van der Waals surface area contributed by atoms with Crippen molar-refractivity contribution in [3.05, 3.63) is 17.8 Å². The second kappa shape index (κ2) is 5.25. The highest BCUT2D eigenvalue weighted by molar-refractivity contribution is 5.34. The smallest absolute Gasteiger partial charge is 0.148 e.